The third-order valence-electron chi connectivity index (χ3n) is 1.65. The average molecular weight is 175 g/mol. The first-order chi connectivity index (χ1) is 5.20. The molecule has 0 aliphatic heterocycles. The molecule has 1 N–H and O–H groups in total. The first kappa shape index (κ1) is 8.56. The van der Waals surface area contributed by atoms with Crippen molar-refractivity contribution in [3.8, 4) is 0 Å². The van der Waals surface area contributed by atoms with Crippen LogP contribution >= 0.6 is 11.6 Å². The molecule has 11 heavy (non-hydrogen) atoms. The van der Waals surface area contributed by atoms with E-state index in [4.69, 9.17) is 16.7 Å². The van der Waals surface area contributed by atoms with Crippen LogP contribution in [0.4, 0.5) is 0 Å². The van der Waals surface area contributed by atoms with Gasteiger partial charge in [-0.05, 0) is 6.42 Å². The van der Waals surface area contributed by atoms with Crippen LogP contribution in [0, 0.1) is 0 Å². The minimum atomic E-state index is -0.0532. The second kappa shape index (κ2) is 3.24. The van der Waals surface area contributed by atoms with Crippen LogP contribution in [-0.4, -0.2) is 14.9 Å². The first-order valence-corrected chi connectivity index (χ1v) is 3.89. The van der Waals surface area contributed by atoms with Crippen LogP contribution in [0.2, 0.25) is 5.02 Å². The summed E-state index contributed by atoms with van der Waals surface area (Å²) in [5.41, 5.74) is 1.53. The molecule has 0 bridgehead atoms. The first-order valence-electron chi connectivity index (χ1n) is 3.51. The fraction of sp³-hybridized carbons (Fsp3) is 0.571. The maximum absolute atomic E-state index is 8.86. The second-order valence-electron chi connectivity index (χ2n) is 2.34. The van der Waals surface area contributed by atoms with E-state index in [1.54, 1.807) is 11.7 Å². The molecule has 0 spiro atoms. The number of nitrogens with zero attached hydrogens (tertiary/aromatic N) is 2. The standard InChI is InChI=1S/C7H11ClN2O/c1-3-5-7(8)6(4-11)10(2)9-5/h11H,3-4H2,1-2H3. The Balaban J connectivity index is 3.14. The topological polar surface area (TPSA) is 38.0 Å². The third-order valence-corrected chi connectivity index (χ3v) is 2.09. The van der Waals surface area contributed by atoms with Crippen molar-refractivity contribution in [2.75, 3.05) is 0 Å². The summed E-state index contributed by atoms with van der Waals surface area (Å²) in [4.78, 5) is 0. The van der Waals surface area contributed by atoms with Crippen LogP contribution in [0.15, 0.2) is 0 Å². The van der Waals surface area contributed by atoms with Crippen molar-refractivity contribution in [2.45, 2.75) is 20.0 Å². The fourth-order valence-electron chi connectivity index (χ4n) is 0.992. The van der Waals surface area contributed by atoms with Crippen molar-refractivity contribution in [3.05, 3.63) is 16.4 Å². The molecular weight excluding hydrogens is 164 g/mol. The highest BCUT2D eigenvalue weighted by Crippen LogP contribution is 2.20. The van der Waals surface area contributed by atoms with Crippen molar-refractivity contribution in [1.29, 1.82) is 0 Å². The molecule has 1 aromatic heterocycles. The Kier molecular flexibility index (Phi) is 2.52. The minimum absolute atomic E-state index is 0.0532. The van der Waals surface area contributed by atoms with Crippen LogP contribution < -0.4 is 0 Å². The highest BCUT2D eigenvalue weighted by molar-refractivity contribution is 6.31. The van der Waals surface area contributed by atoms with E-state index in [9.17, 15) is 0 Å². The summed E-state index contributed by atoms with van der Waals surface area (Å²) in [6, 6.07) is 0. The summed E-state index contributed by atoms with van der Waals surface area (Å²) in [5, 5.41) is 13.6. The molecule has 0 atom stereocenters. The number of aliphatic hydroxyl groups is 1. The van der Waals surface area contributed by atoms with E-state index in [-0.39, 0.29) is 6.61 Å². The van der Waals surface area contributed by atoms with Gasteiger partial charge in [-0.15, -0.1) is 0 Å². The maximum Gasteiger partial charge on any atom is 0.0873 e. The van der Waals surface area contributed by atoms with Gasteiger partial charge in [0, 0.05) is 7.05 Å². The largest absolute Gasteiger partial charge is 0.390 e. The molecule has 0 fully saturated rings. The van der Waals surface area contributed by atoms with Crippen LogP contribution in [0.1, 0.15) is 18.3 Å². The summed E-state index contributed by atoms with van der Waals surface area (Å²) in [6.07, 6.45) is 0.798. The predicted octanol–water partition coefficient (Wildman–Crippen LogP) is 1.13. The zero-order valence-electron chi connectivity index (χ0n) is 6.63. The third kappa shape index (κ3) is 1.39. The van der Waals surface area contributed by atoms with Crippen LogP contribution in [0.25, 0.3) is 0 Å². The number of aromatic nitrogens is 2. The van der Waals surface area contributed by atoms with Crippen LogP contribution in [-0.2, 0) is 20.1 Å². The highest BCUT2D eigenvalue weighted by Gasteiger charge is 2.10. The zero-order valence-corrected chi connectivity index (χ0v) is 7.39. The molecule has 0 aliphatic carbocycles. The van der Waals surface area contributed by atoms with Gasteiger partial charge < -0.3 is 5.11 Å². The number of rotatable bonds is 2. The lowest BCUT2D eigenvalue weighted by Gasteiger charge is -1.94. The average Bonchev–Trinajstić information content (AvgIpc) is 2.26. The molecule has 0 saturated heterocycles. The minimum Gasteiger partial charge on any atom is -0.390 e. The zero-order chi connectivity index (χ0) is 8.43. The molecule has 0 aliphatic rings. The molecule has 0 saturated carbocycles. The van der Waals surface area contributed by atoms with E-state index in [2.05, 4.69) is 5.10 Å². The number of aliphatic hydroxyl groups excluding tert-OH is 1. The monoisotopic (exact) mass is 174 g/mol. The molecular formula is C7H11ClN2O. The van der Waals surface area contributed by atoms with E-state index in [0.717, 1.165) is 12.1 Å². The highest BCUT2D eigenvalue weighted by atomic mass is 35.5. The fourth-order valence-corrected chi connectivity index (χ4v) is 1.35. The van der Waals surface area contributed by atoms with Crippen molar-refractivity contribution >= 4 is 11.6 Å². The van der Waals surface area contributed by atoms with E-state index >= 15 is 0 Å². The quantitative estimate of drug-likeness (QED) is 0.730. The Morgan fingerprint density at radius 1 is 1.64 bits per heavy atom. The molecule has 62 valence electrons. The lowest BCUT2D eigenvalue weighted by molar-refractivity contribution is 0.270. The van der Waals surface area contributed by atoms with Crippen molar-refractivity contribution in [3.63, 3.8) is 0 Å². The lowest BCUT2D eigenvalue weighted by atomic mass is 10.3. The summed E-state index contributed by atoms with van der Waals surface area (Å²) in [6.45, 7) is 1.93. The van der Waals surface area contributed by atoms with Gasteiger partial charge in [0.05, 0.1) is 23.0 Å². The number of hydrogen-bond acceptors (Lipinski definition) is 2. The van der Waals surface area contributed by atoms with Gasteiger partial charge in [0.15, 0.2) is 0 Å². The summed E-state index contributed by atoms with van der Waals surface area (Å²) < 4.78 is 1.61. The summed E-state index contributed by atoms with van der Waals surface area (Å²) in [5.74, 6) is 0. The van der Waals surface area contributed by atoms with Gasteiger partial charge in [-0.3, -0.25) is 4.68 Å². The molecule has 1 heterocycles. The smallest absolute Gasteiger partial charge is 0.0873 e. The van der Waals surface area contributed by atoms with Gasteiger partial charge in [-0.25, -0.2) is 0 Å². The van der Waals surface area contributed by atoms with E-state index in [1.807, 2.05) is 6.92 Å². The molecule has 3 nitrogen and oxygen atoms in total. The van der Waals surface area contributed by atoms with Gasteiger partial charge in [0.25, 0.3) is 0 Å². The SMILES string of the molecule is CCc1nn(C)c(CO)c1Cl. The molecule has 0 amide bonds. The summed E-state index contributed by atoms with van der Waals surface area (Å²) >= 11 is 5.89. The lowest BCUT2D eigenvalue weighted by Crippen LogP contribution is -1.97. The van der Waals surface area contributed by atoms with Crippen LogP contribution in [0.5, 0.6) is 0 Å². The van der Waals surface area contributed by atoms with Gasteiger partial charge in [-0.2, -0.15) is 5.10 Å². The molecule has 1 aromatic rings. The Morgan fingerprint density at radius 2 is 2.27 bits per heavy atom. The predicted molar refractivity (Wildman–Crippen MR) is 43.5 cm³/mol. The van der Waals surface area contributed by atoms with Gasteiger partial charge >= 0.3 is 0 Å². The van der Waals surface area contributed by atoms with Gasteiger partial charge in [-0.1, -0.05) is 18.5 Å². The molecule has 0 radical (unpaired) electrons. The Bertz CT molecular complexity index is 257. The maximum atomic E-state index is 8.86. The Labute approximate surface area is 70.6 Å². The molecule has 0 aromatic carbocycles. The van der Waals surface area contributed by atoms with E-state index < -0.39 is 0 Å². The Morgan fingerprint density at radius 3 is 2.55 bits per heavy atom. The molecule has 4 heteroatoms. The second-order valence-corrected chi connectivity index (χ2v) is 2.72. The van der Waals surface area contributed by atoms with Gasteiger partial charge in [0.1, 0.15) is 0 Å². The van der Waals surface area contributed by atoms with E-state index in [1.165, 1.54) is 0 Å². The number of hydrogen-bond donors (Lipinski definition) is 1. The number of halogens is 1. The van der Waals surface area contributed by atoms with Crippen molar-refractivity contribution < 1.29 is 5.11 Å². The van der Waals surface area contributed by atoms with Crippen molar-refractivity contribution in [1.82, 2.24) is 9.78 Å². The number of aryl methyl sites for hydroxylation is 2. The summed E-state index contributed by atoms with van der Waals surface area (Å²) in [7, 11) is 1.77. The molecule has 0 unspecified atom stereocenters. The molecule has 1 rings (SSSR count). The van der Waals surface area contributed by atoms with Gasteiger partial charge in [0.2, 0.25) is 0 Å². The van der Waals surface area contributed by atoms with Crippen LogP contribution in [0.3, 0.4) is 0 Å². The van der Waals surface area contributed by atoms with E-state index in [0.29, 0.717) is 10.7 Å². The Hall–Kier alpha value is -0.540. The normalized spacial score (nSPS) is 10.5. The van der Waals surface area contributed by atoms with Crippen molar-refractivity contribution in [2.24, 2.45) is 7.05 Å².